The number of anilines is 1. The summed E-state index contributed by atoms with van der Waals surface area (Å²) in [6, 6.07) is 7.32. The fourth-order valence-electron chi connectivity index (χ4n) is 4.59. The molecule has 0 unspecified atom stereocenters. The van der Waals surface area contributed by atoms with Crippen LogP contribution in [-0.4, -0.2) is 55.2 Å². The lowest BCUT2D eigenvalue weighted by molar-refractivity contribution is -0.146. The molecule has 2 aliphatic heterocycles. The molecule has 1 aliphatic carbocycles. The molecule has 6 nitrogen and oxygen atoms in total. The summed E-state index contributed by atoms with van der Waals surface area (Å²) in [7, 11) is 0. The van der Waals surface area contributed by atoms with Crippen LogP contribution in [0.25, 0.3) is 0 Å². The van der Waals surface area contributed by atoms with Crippen molar-refractivity contribution in [2.24, 2.45) is 5.92 Å². The molecule has 4 rings (SSSR count). The summed E-state index contributed by atoms with van der Waals surface area (Å²) in [6.45, 7) is 3.13. The Morgan fingerprint density at radius 3 is 2.64 bits per heavy atom. The van der Waals surface area contributed by atoms with E-state index in [4.69, 9.17) is 9.47 Å². The summed E-state index contributed by atoms with van der Waals surface area (Å²) < 4.78 is 11.5. The molecule has 0 aromatic heterocycles. The van der Waals surface area contributed by atoms with Gasteiger partial charge in [-0.05, 0) is 31.0 Å². The Morgan fingerprint density at radius 2 is 1.86 bits per heavy atom. The zero-order valence-electron chi connectivity index (χ0n) is 16.5. The van der Waals surface area contributed by atoms with E-state index in [1.54, 1.807) is 6.07 Å². The smallest absolute Gasteiger partial charge is 0.254 e. The fourth-order valence-corrected chi connectivity index (χ4v) is 4.59. The minimum Gasteiger partial charge on any atom is -0.381 e. The molecular formula is C22H30N2O4. The summed E-state index contributed by atoms with van der Waals surface area (Å²) in [5.74, 6) is 0.181. The van der Waals surface area contributed by atoms with Gasteiger partial charge >= 0.3 is 0 Å². The highest BCUT2D eigenvalue weighted by Gasteiger charge is 2.39. The fraction of sp³-hybridized carbons (Fsp3) is 0.636. The van der Waals surface area contributed by atoms with Gasteiger partial charge in [0.25, 0.3) is 5.91 Å². The first-order chi connectivity index (χ1) is 13.7. The number of rotatable bonds is 3. The van der Waals surface area contributed by atoms with Gasteiger partial charge < -0.3 is 19.7 Å². The second-order valence-electron chi connectivity index (χ2n) is 8.28. The van der Waals surface area contributed by atoms with E-state index in [1.807, 2.05) is 23.1 Å². The first-order valence-corrected chi connectivity index (χ1v) is 10.6. The van der Waals surface area contributed by atoms with Crippen molar-refractivity contribution in [2.45, 2.75) is 50.5 Å². The normalized spacial score (nSPS) is 22.8. The summed E-state index contributed by atoms with van der Waals surface area (Å²) in [5, 5.41) is 3.02. The Labute approximate surface area is 166 Å². The average molecular weight is 386 g/mol. The van der Waals surface area contributed by atoms with E-state index >= 15 is 0 Å². The third kappa shape index (κ3) is 4.39. The minimum absolute atomic E-state index is 0.00271. The maximum atomic E-state index is 13.1. The number of amides is 2. The van der Waals surface area contributed by atoms with Gasteiger partial charge in [-0.3, -0.25) is 9.59 Å². The predicted octanol–water partition coefficient (Wildman–Crippen LogP) is 3.23. The van der Waals surface area contributed by atoms with E-state index in [1.165, 1.54) is 6.42 Å². The lowest BCUT2D eigenvalue weighted by atomic mass is 9.88. The van der Waals surface area contributed by atoms with Gasteiger partial charge in [-0.25, -0.2) is 0 Å². The molecule has 1 aromatic carbocycles. The standard InChI is InChI=1S/C22H30N2O4/c25-20(17-5-2-1-3-6-17)23-19-8-4-7-18(15-19)21(26)24-11-14-28-22(16-24)9-12-27-13-10-22/h4,7-8,15,17H,1-3,5-6,9-14,16H2,(H,23,25). The van der Waals surface area contributed by atoms with Gasteiger partial charge in [-0.1, -0.05) is 25.3 Å². The lowest BCUT2D eigenvalue weighted by Crippen LogP contribution is -2.55. The highest BCUT2D eigenvalue weighted by Crippen LogP contribution is 2.30. The Balaban J connectivity index is 1.41. The molecule has 0 radical (unpaired) electrons. The number of carbonyl (C=O) groups is 2. The zero-order valence-corrected chi connectivity index (χ0v) is 16.5. The number of benzene rings is 1. The van der Waals surface area contributed by atoms with E-state index in [9.17, 15) is 9.59 Å². The number of ether oxygens (including phenoxy) is 2. The van der Waals surface area contributed by atoms with Crippen LogP contribution >= 0.6 is 0 Å². The maximum Gasteiger partial charge on any atom is 0.254 e. The zero-order chi connectivity index (χ0) is 19.4. The molecule has 2 saturated heterocycles. The van der Waals surface area contributed by atoms with Crippen molar-refractivity contribution in [1.29, 1.82) is 0 Å². The Bertz CT molecular complexity index is 703. The van der Waals surface area contributed by atoms with Crippen molar-refractivity contribution in [2.75, 3.05) is 38.2 Å². The van der Waals surface area contributed by atoms with Crippen LogP contribution in [0.4, 0.5) is 5.69 Å². The third-order valence-corrected chi connectivity index (χ3v) is 6.29. The van der Waals surface area contributed by atoms with Crippen LogP contribution in [0.1, 0.15) is 55.3 Å². The molecule has 2 heterocycles. The quantitative estimate of drug-likeness (QED) is 0.866. The molecule has 2 amide bonds. The topological polar surface area (TPSA) is 67.9 Å². The minimum atomic E-state index is -0.265. The highest BCUT2D eigenvalue weighted by molar-refractivity contribution is 5.97. The molecular weight excluding hydrogens is 356 g/mol. The molecule has 1 saturated carbocycles. The average Bonchev–Trinajstić information content (AvgIpc) is 2.74. The Morgan fingerprint density at radius 1 is 1.07 bits per heavy atom. The summed E-state index contributed by atoms with van der Waals surface area (Å²) >= 11 is 0. The number of nitrogens with zero attached hydrogens (tertiary/aromatic N) is 1. The first-order valence-electron chi connectivity index (χ1n) is 10.6. The summed E-state index contributed by atoms with van der Waals surface area (Å²) in [6.07, 6.45) is 7.05. The number of carbonyl (C=O) groups excluding carboxylic acids is 2. The number of nitrogens with one attached hydrogen (secondary N) is 1. The maximum absolute atomic E-state index is 13.1. The van der Waals surface area contributed by atoms with E-state index in [0.29, 0.717) is 44.2 Å². The van der Waals surface area contributed by atoms with E-state index in [-0.39, 0.29) is 23.3 Å². The van der Waals surface area contributed by atoms with Crippen LogP contribution in [0.3, 0.4) is 0 Å². The van der Waals surface area contributed by atoms with Gasteiger partial charge in [0.2, 0.25) is 5.91 Å². The Hall–Kier alpha value is -1.92. The molecule has 1 aromatic rings. The van der Waals surface area contributed by atoms with Crippen molar-refractivity contribution < 1.29 is 19.1 Å². The number of hydrogen-bond donors (Lipinski definition) is 1. The van der Waals surface area contributed by atoms with E-state index < -0.39 is 0 Å². The first kappa shape index (κ1) is 19.4. The molecule has 0 bridgehead atoms. The van der Waals surface area contributed by atoms with E-state index in [2.05, 4.69) is 5.32 Å². The van der Waals surface area contributed by atoms with Gasteiger partial charge in [0.1, 0.15) is 0 Å². The van der Waals surface area contributed by atoms with Crippen LogP contribution in [0.15, 0.2) is 24.3 Å². The molecule has 1 spiro atoms. The SMILES string of the molecule is O=C(Nc1cccc(C(=O)N2CCOC3(CCOCC3)C2)c1)C1CCCCC1. The third-order valence-electron chi connectivity index (χ3n) is 6.29. The lowest BCUT2D eigenvalue weighted by Gasteiger charge is -2.44. The van der Waals surface area contributed by atoms with Gasteiger partial charge in [0, 0.05) is 49.8 Å². The molecule has 152 valence electrons. The van der Waals surface area contributed by atoms with Crippen molar-refractivity contribution in [3.8, 4) is 0 Å². The van der Waals surface area contributed by atoms with Crippen molar-refractivity contribution in [3.05, 3.63) is 29.8 Å². The van der Waals surface area contributed by atoms with Crippen LogP contribution in [0, 0.1) is 5.92 Å². The van der Waals surface area contributed by atoms with E-state index in [0.717, 1.165) is 38.5 Å². The summed E-state index contributed by atoms with van der Waals surface area (Å²) in [4.78, 5) is 27.5. The molecule has 3 fully saturated rings. The highest BCUT2D eigenvalue weighted by atomic mass is 16.5. The van der Waals surface area contributed by atoms with Gasteiger partial charge in [0.15, 0.2) is 0 Å². The van der Waals surface area contributed by atoms with Crippen LogP contribution in [0.5, 0.6) is 0 Å². The van der Waals surface area contributed by atoms with Crippen molar-refractivity contribution >= 4 is 17.5 Å². The number of morpholine rings is 1. The number of hydrogen-bond acceptors (Lipinski definition) is 4. The second kappa shape index (κ2) is 8.62. The monoisotopic (exact) mass is 386 g/mol. The molecule has 6 heteroatoms. The summed E-state index contributed by atoms with van der Waals surface area (Å²) in [5.41, 5.74) is 1.06. The van der Waals surface area contributed by atoms with Crippen LogP contribution < -0.4 is 5.32 Å². The van der Waals surface area contributed by atoms with Crippen LogP contribution in [-0.2, 0) is 14.3 Å². The van der Waals surface area contributed by atoms with Gasteiger partial charge in [0.05, 0.1) is 18.8 Å². The molecule has 1 N–H and O–H groups in total. The van der Waals surface area contributed by atoms with Gasteiger partial charge in [-0.15, -0.1) is 0 Å². The molecule has 0 atom stereocenters. The predicted molar refractivity (Wildman–Crippen MR) is 106 cm³/mol. The molecule has 3 aliphatic rings. The van der Waals surface area contributed by atoms with Crippen molar-refractivity contribution in [1.82, 2.24) is 4.90 Å². The Kier molecular flexibility index (Phi) is 5.97. The molecule has 28 heavy (non-hydrogen) atoms. The second-order valence-corrected chi connectivity index (χ2v) is 8.28. The van der Waals surface area contributed by atoms with Crippen LogP contribution in [0.2, 0.25) is 0 Å². The van der Waals surface area contributed by atoms with Gasteiger partial charge in [-0.2, -0.15) is 0 Å². The largest absolute Gasteiger partial charge is 0.381 e. The van der Waals surface area contributed by atoms with Crippen molar-refractivity contribution in [3.63, 3.8) is 0 Å².